The second kappa shape index (κ2) is 3.90. The highest BCUT2D eigenvalue weighted by Crippen LogP contribution is 1.94. The van der Waals surface area contributed by atoms with Crippen LogP contribution in [0.5, 0.6) is 0 Å². The molecule has 0 spiro atoms. The quantitative estimate of drug-likeness (QED) is 0.541. The summed E-state index contributed by atoms with van der Waals surface area (Å²) in [6.07, 6.45) is 1.20. The Hall–Kier alpha value is -0.0400. The fourth-order valence-electron chi connectivity index (χ4n) is 0.545. The molecule has 1 heteroatoms. The van der Waals surface area contributed by atoms with Gasteiger partial charge in [0.1, 0.15) is 0 Å². The molecule has 0 atom stereocenters. The van der Waals surface area contributed by atoms with E-state index in [0.717, 1.165) is 6.54 Å². The molecule has 0 saturated carbocycles. The molecule has 8 heavy (non-hydrogen) atoms. The lowest BCUT2D eigenvalue weighted by molar-refractivity contribution is 0.306. The molecule has 1 nitrogen and oxygen atoms in total. The van der Waals surface area contributed by atoms with Crippen molar-refractivity contribution in [2.45, 2.75) is 33.2 Å². The third-order valence-electron chi connectivity index (χ3n) is 1.24. The van der Waals surface area contributed by atoms with Crippen molar-refractivity contribution < 1.29 is 0 Å². The Balaban J connectivity index is 3.17. The van der Waals surface area contributed by atoms with E-state index in [0.29, 0.717) is 6.04 Å². The maximum absolute atomic E-state index is 3.86. The van der Waals surface area contributed by atoms with Gasteiger partial charge in [-0.1, -0.05) is 6.92 Å². The van der Waals surface area contributed by atoms with E-state index in [-0.39, 0.29) is 0 Å². The second-order valence-electron chi connectivity index (χ2n) is 2.41. The summed E-state index contributed by atoms with van der Waals surface area (Å²) in [5.41, 5.74) is 0. The van der Waals surface area contributed by atoms with Crippen LogP contribution >= 0.6 is 0 Å². The maximum atomic E-state index is 3.86. The zero-order valence-electron chi connectivity index (χ0n) is 6.15. The summed E-state index contributed by atoms with van der Waals surface area (Å²) < 4.78 is 0. The van der Waals surface area contributed by atoms with E-state index in [1.54, 1.807) is 0 Å². The molecule has 0 fully saturated rings. The molecule has 0 aromatic rings. The molecule has 0 saturated heterocycles. The van der Waals surface area contributed by atoms with E-state index < -0.39 is 0 Å². The van der Waals surface area contributed by atoms with Crippen LogP contribution in [0, 0.1) is 7.05 Å². The molecule has 0 amide bonds. The van der Waals surface area contributed by atoms with Crippen molar-refractivity contribution in [1.82, 2.24) is 4.90 Å². The normalized spacial score (nSPS) is 11.2. The van der Waals surface area contributed by atoms with Crippen LogP contribution in [0.2, 0.25) is 0 Å². The lowest BCUT2D eigenvalue weighted by Crippen LogP contribution is -2.24. The van der Waals surface area contributed by atoms with Crippen LogP contribution in [0.4, 0.5) is 0 Å². The predicted molar refractivity (Wildman–Crippen MR) is 37.5 cm³/mol. The third-order valence-corrected chi connectivity index (χ3v) is 1.24. The first kappa shape index (κ1) is 7.96. The monoisotopic (exact) mass is 114 g/mol. The van der Waals surface area contributed by atoms with Crippen LogP contribution < -0.4 is 0 Å². The highest BCUT2D eigenvalue weighted by Gasteiger charge is 1.98. The molecule has 0 rings (SSSR count). The molecule has 1 radical (unpaired) electrons. The molecule has 49 valence electrons. The van der Waals surface area contributed by atoms with Crippen molar-refractivity contribution in [2.75, 3.05) is 6.54 Å². The van der Waals surface area contributed by atoms with Gasteiger partial charge >= 0.3 is 0 Å². The number of rotatable bonds is 3. The summed E-state index contributed by atoms with van der Waals surface area (Å²) in [5.74, 6) is 0. The van der Waals surface area contributed by atoms with Crippen molar-refractivity contribution >= 4 is 0 Å². The van der Waals surface area contributed by atoms with Crippen LogP contribution in [-0.2, 0) is 0 Å². The van der Waals surface area contributed by atoms with Gasteiger partial charge in [0.05, 0.1) is 0 Å². The summed E-state index contributed by atoms with van der Waals surface area (Å²) in [4.78, 5) is 2.10. The summed E-state index contributed by atoms with van der Waals surface area (Å²) in [6.45, 7) is 7.59. The average molecular weight is 114 g/mol. The van der Waals surface area contributed by atoms with E-state index in [1.165, 1.54) is 6.42 Å². The lowest BCUT2D eigenvalue weighted by Gasteiger charge is -2.18. The van der Waals surface area contributed by atoms with Gasteiger partial charge in [0.25, 0.3) is 0 Å². The molecule has 0 N–H and O–H groups in total. The number of nitrogens with zero attached hydrogens (tertiary/aromatic N) is 1. The summed E-state index contributed by atoms with van der Waals surface area (Å²) in [7, 11) is 3.86. The Labute approximate surface area is 52.7 Å². The minimum atomic E-state index is 0.593. The average Bonchev–Trinajstić information content (AvgIpc) is 1.67. The van der Waals surface area contributed by atoms with E-state index in [1.807, 2.05) is 0 Å². The molecule has 0 aliphatic carbocycles. The van der Waals surface area contributed by atoms with Gasteiger partial charge in [0.15, 0.2) is 0 Å². The van der Waals surface area contributed by atoms with Crippen LogP contribution in [0.15, 0.2) is 0 Å². The fraction of sp³-hybridized carbons (Fsp3) is 0.857. The number of hydrogen-bond acceptors (Lipinski definition) is 1. The van der Waals surface area contributed by atoms with Gasteiger partial charge in [-0.2, -0.15) is 0 Å². The fourth-order valence-corrected chi connectivity index (χ4v) is 0.545. The third kappa shape index (κ3) is 3.03. The van der Waals surface area contributed by atoms with Crippen molar-refractivity contribution in [3.05, 3.63) is 7.05 Å². The predicted octanol–water partition coefficient (Wildman–Crippen LogP) is 1.90. The first-order valence-electron chi connectivity index (χ1n) is 3.25. The Morgan fingerprint density at radius 2 is 2.00 bits per heavy atom. The van der Waals surface area contributed by atoms with Gasteiger partial charge in [-0.05, 0) is 26.8 Å². The van der Waals surface area contributed by atoms with Gasteiger partial charge in [-0.3, -0.25) is 4.90 Å². The van der Waals surface area contributed by atoms with Crippen LogP contribution in [0.1, 0.15) is 27.2 Å². The molecule has 0 unspecified atom stereocenters. The van der Waals surface area contributed by atoms with Crippen molar-refractivity contribution in [3.63, 3.8) is 0 Å². The first-order chi connectivity index (χ1) is 3.68. The van der Waals surface area contributed by atoms with Gasteiger partial charge in [0, 0.05) is 13.1 Å². The zero-order chi connectivity index (χ0) is 6.57. The van der Waals surface area contributed by atoms with Crippen molar-refractivity contribution in [1.29, 1.82) is 0 Å². The van der Waals surface area contributed by atoms with Crippen LogP contribution in [-0.4, -0.2) is 17.5 Å². The molecule has 0 heterocycles. The standard InChI is InChI=1S/C7H16N/c1-5-6-8(4)7(2)3/h7H,4-6H2,1-3H3. The molecule has 0 aliphatic heterocycles. The molecule has 0 bridgehead atoms. The molecule has 0 aromatic heterocycles. The largest absolute Gasteiger partial charge is 0.300 e. The summed E-state index contributed by atoms with van der Waals surface area (Å²) >= 11 is 0. The topological polar surface area (TPSA) is 3.24 Å². The van der Waals surface area contributed by atoms with Crippen molar-refractivity contribution in [3.8, 4) is 0 Å². The number of hydrogen-bond donors (Lipinski definition) is 0. The van der Waals surface area contributed by atoms with E-state index >= 15 is 0 Å². The maximum Gasteiger partial charge on any atom is 0.0112 e. The molecule has 0 aliphatic rings. The highest BCUT2D eigenvalue weighted by molar-refractivity contribution is 4.58. The van der Waals surface area contributed by atoms with E-state index in [9.17, 15) is 0 Å². The van der Waals surface area contributed by atoms with Gasteiger partial charge < -0.3 is 0 Å². The minimum Gasteiger partial charge on any atom is -0.300 e. The van der Waals surface area contributed by atoms with Crippen LogP contribution in [0.3, 0.4) is 0 Å². The Bertz CT molecular complexity index is 50.3. The molecule has 0 aromatic carbocycles. The summed E-state index contributed by atoms with van der Waals surface area (Å²) in [6, 6.07) is 0.593. The smallest absolute Gasteiger partial charge is 0.0112 e. The van der Waals surface area contributed by atoms with Gasteiger partial charge in [-0.15, -0.1) is 0 Å². The van der Waals surface area contributed by atoms with Gasteiger partial charge in [0.2, 0.25) is 0 Å². The Morgan fingerprint density at radius 3 is 2.12 bits per heavy atom. The Morgan fingerprint density at radius 1 is 1.50 bits per heavy atom. The molecular weight excluding hydrogens is 98.1 g/mol. The van der Waals surface area contributed by atoms with Crippen molar-refractivity contribution in [2.24, 2.45) is 0 Å². The Kier molecular flexibility index (Phi) is 3.88. The van der Waals surface area contributed by atoms with E-state index in [2.05, 4.69) is 32.7 Å². The minimum absolute atomic E-state index is 0.593. The molecular formula is C7H16N. The first-order valence-corrected chi connectivity index (χ1v) is 3.25. The van der Waals surface area contributed by atoms with Gasteiger partial charge in [-0.25, -0.2) is 0 Å². The SMILES string of the molecule is [CH2]N(CCC)C(C)C. The van der Waals surface area contributed by atoms with Crippen LogP contribution in [0.25, 0.3) is 0 Å². The van der Waals surface area contributed by atoms with E-state index in [4.69, 9.17) is 0 Å². The summed E-state index contributed by atoms with van der Waals surface area (Å²) in [5, 5.41) is 0. The lowest BCUT2D eigenvalue weighted by atomic mass is 10.3. The highest BCUT2D eigenvalue weighted by atomic mass is 15.1. The second-order valence-corrected chi connectivity index (χ2v) is 2.41. The zero-order valence-corrected chi connectivity index (χ0v) is 6.15.